The molecule has 2 aromatic rings. The first-order valence-corrected chi connectivity index (χ1v) is 11.7. The Morgan fingerprint density at radius 3 is 2.23 bits per heavy atom. The molecule has 2 unspecified atom stereocenters. The van der Waals surface area contributed by atoms with E-state index in [2.05, 4.69) is 10.2 Å². The van der Waals surface area contributed by atoms with Gasteiger partial charge in [-0.2, -0.15) is 4.31 Å². The fraction of sp³-hybridized carbons (Fsp3) is 0.391. The average molecular weight is 441 g/mol. The summed E-state index contributed by atoms with van der Waals surface area (Å²) in [4.78, 5) is 18.0. The Bertz CT molecular complexity index is 1090. The van der Waals surface area contributed by atoms with Crippen molar-refractivity contribution in [1.82, 2.24) is 9.21 Å². The summed E-state index contributed by atoms with van der Waals surface area (Å²) in [6.07, 6.45) is 0. The van der Waals surface area contributed by atoms with Crippen LogP contribution in [0.3, 0.4) is 0 Å². The summed E-state index contributed by atoms with van der Waals surface area (Å²) in [7, 11) is -3.82. The van der Waals surface area contributed by atoms with Gasteiger partial charge in [-0.25, -0.2) is 13.3 Å². The zero-order valence-electron chi connectivity index (χ0n) is 18.3. The highest BCUT2D eigenvalue weighted by Crippen LogP contribution is 2.31. The van der Waals surface area contributed by atoms with Crippen LogP contribution in [0, 0.1) is 20.4 Å². The van der Waals surface area contributed by atoms with Crippen LogP contribution >= 0.6 is 0 Å². The second kappa shape index (κ2) is 9.18. The number of anilines is 1. The summed E-state index contributed by atoms with van der Waals surface area (Å²) < 4.78 is 28.1. The second-order valence-corrected chi connectivity index (χ2v) is 9.93. The van der Waals surface area contributed by atoms with Gasteiger partial charge in [0.25, 0.3) is 0 Å². The van der Waals surface area contributed by atoms with Crippen molar-refractivity contribution in [2.75, 3.05) is 25.0 Å². The van der Waals surface area contributed by atoms with Gasteiger partial charge >= 0.3 is 0 Å². The number of sulfonamides is 1. The lowest BCUT2D eigenvalue weighted by Crippen LogP contribution is -2.59. The maximum atomic E-state index is 13.3. The molecule has 31 heavy (non-hydrogen) atoms. The van der Waals surface area contributed by atoms with E-state index in [0.29, 0.717) is 13.1 Å². The van der Waals surface area contributed by atoms with Crippen molar-refractivity contribution < 1.29 is 13.2 Å². The largest absolute Gasteiger partial charge is 0.324 e. The molecule has 0 spiro atoms. The normalized spacial score (nSPS) is 20.2. The number of benzene rings is 2. The zero-order valence-corrected chi connectivity index (χ0v) is 19.1. The number of hydrogen-bond acceptors (Lipinski definition) is 4. The molecule has 1 amide bonds. The van der Waals surface area contributed by atoms with Gasteiger partial charge in [0.2, 0.25) is 21.6 Å². The van der Waals surface area contributed by atoms with E-state index >= 15 is 0 Å². The van der Waals surface area contributed by atoms with Crippen LogP contribution in [0.4, 0.5) is 11.4 Å². The van der Waals surface area contributed by atoms with Gasteiger partial charge in [0.1, 0.15) is 0 Å². The highest BCUT2D eigenvalue weighted by molar-refractivity contribution is 7.89. The van der Waals surface area contributed by atoms with Gasteiger partial charge in [-0.3, -0.25) is 9.69 Å². The fourth-order valence-corrected chi connectivity index (χ4v) is 6.23. The van der Waals surface area contributed by atoms with Gasteiger partial charge in [-0.15, -0.1) is 0 Å². The monoisotopic (exact) mass is 440 g/mol. The summed E-state index contributed by atoms with van der Waals surface area (Å²) in [5, 5.41) is 2.99. The van der Waals surface area contributed by atoms with Gasteiger partial charge in [0, 0.05) is 30.9 Å². The van der Waals surface area contributed by atoms with E-state index < -0.39 is 10.0 Å². The van der Waals surface area contributed by atoms with Gasteiger partial charge < -0.3 is 5.32 Å². The quantitative estimate of drug-likeness (QED) is 0.722. The van der Waals surface area contributed by atoms with Crippen LogP contribution in [0.1, 0.15) is 25.0 Å². The summed E-state index contributed by atoms with van der Waals surface area (Å²) >= 11 is 0. The molecular weight excluding hydrogens is 412 g/mol. The molecule has 1 fully saturated rings. The third kappa shape index (κ3) is 4.79. The molecule has 2 atom stereocenters. The molecular formula is C23H28N4O3S. The molecule has 8 heteroatoms. The van der Waals surface area contributed by atoms with Gasteiger partial charge in [0.15, 0.2) is 0 Å². The van der Waals surface area contributed by atoms with E-state index in [4.69, 9.17) is 6.57 Å². The lowest BCUT2D eigenvalue weighted by molar-refractivity contribution is -0.118. The van der Waals surface area contributed by atoms with Crippen molar-refractivity contribution in [3.8, 4) is 0 Å². The van der Waals surface area contributed by atoms with Crippen molar-refractivity contribution in [2.45, 2.75) is 44.7 Å². The van der Waals surface area contributed by atoms with E-state index in [1.807, 2.05) is 50.8 Å². The van der Waals surface area contributed by atoms with E-state index in [9.17, 15) is 13.2 Å². The smallest absolute Gasteiger partial charge is 0.238 e. The highest BCUT2D eigenvalue weighted by Gasteiger charge is 2.39. The molecule has 164 valence electrons. The predicted molar refractivity (Wildman–Crippen MR) is 122 cm³/mol. The van der Waals surface area contributed by atoms with Crippen LogP contribution in [0.15, 0.2) is 47.4 Å². The van der Waals surface area contributed by atoms with Gasteiger partial charge in [0.05, 0.1) is 18.0 Å². The summed E-state index contributed by atoms with van der Waals surface area (Å²) in [6, 6.07) is 11.5. The third-order valence-electron chi connectivity index (χ3n) is 5.57. The molecule has 1 N–H and O–H groups in total. The first kappa shape index (κ1) is 22.9. The number of carbonyl (C=O) groups excluding carboxylic acids is 1. The number of amides is 1. The Kier molecular flexibility index (Phi) is 6.80. The molecule has 0 bridgehead atoms. The average Bonchev–Trinajstić information content (AvgIpc) is 2.70. The molecule has 2 aromatic carbocycles. The Morgan fingerprint density at radius 2 is 1.65 bits per heavy atom. The Labute approximate surface area is 184 Å². The van der Waals surface area contributed by atoms with Crippen molar-refractivity contribution in [1.29, 1.82) is 0 Å². The van der Waals surface area contributed by atoms with Crippen LogP contribution < -0.4 is 5.32 Å². The van der Waals surface area contributed by atoms with Crippen LogP contribution in [-0.4, -0.2) is 55.2 Å². The molecule has 1 heterocycles. The van der Waals surface area contributed by atoms with E-state index in [1.165, 1.54) is 16.4 Å². The van der Waals surface area contributed by atoms with Crippen molar-refractivity contribution in [3.63, 3.8) is 0 Å². The Balaban J connectivity index is 1.73. The fourth-order valence-electron chi connectivity index (χ4n) is 4.30. The SMILES string of the molecule is [C-]#[N+]c1ccccc1S(=O)(=O)N1C(C)CN(CC(=O)Nc2c(C)cccc2C)CC1C. The number of nitrogens with one attached hydrogen (secondary N) is 1. The lowest BCUT2D eigenvalue weighted by atomic mass is 10.1. The first-order valence-electron chi connectivity index (χ1n) is 10.2. The number of aryl methyl sites for hydroxylation is 2. The van der Waals surface area contributed by atoms with Crippen LogP contribution in [0.25, 0.3) is 4.85 Å². The summed E-state index contributed by atoms with van der Waals surface area (Å²) in [5.74, 6) is -0.119. The van der Waals surface area contributed by atoms with Crippen molar-refractivity contribution >= 4 is 27.3 Å². The number of para-hydroxylation sites is 2. The molecule has 1 aliphatic heterocycles. The maximum absolute atomic E-state index is 13.3. The van der Waals surface area contributed by atoms with Crippen molar-refractivity contribution in [2.24, 2.45) is 0 Å². The number of carbonyl (C=O) groups is 1. The Hall–Kier alpha value is -2.73. The summed E-state index contributed by atoms with van der Waals surface area (Å²) in [5.41, 5.74) is 2.96. The van der Waals surface area contributed by atoms with Crippen LogP contribution in [0.5, 0.6) is 0 Å². The number of hydrogen-bond donors (Lipinski definition) is 1. The lowest BCUT2D eigenvalue weighted by Gasteiger charge is -2.43. The van der Waals surface area contributed by atoms with E-state index in [-0.39, 0.29) is 35.1 Å². The second-order valence-electron chi connectivity index (χ2n) is 8.12. The van der Waals surface area contributed by atoms with Gasteiger partial charge in [-0.05, 0) is 38.8 Å². The first-order chi connectivity index (χ1) is 14.6. The molecule has 0 radical (unpaired) electrons. The predicted octanol–water partition coefficient (Wildman–Crippen LogP) is 3.58. The van der Waals surface area contributed by atoms with Crippen LogP contribution in [-0.2, 0) is 14.8 Å². The third-order valence-corrected chi connectivity index (χ3v) is 7.74. The minimum Gasteiger partial charge on any atom is -0.324 e. The van der Waals surface area contributed by atoms with E-state index in [0.717, 1.165) is 16.8 Å². The molecule has 7 nitrogen and oxygen atoms in total. The molecule has 1 aliphatic rings. The van der Waals surface area contributed by atoms with Crippen LogP contribution in [0.2, 0.25) is 0 Å². The zero-order chi connectivity index (χ0) is 22.8. The molecule has 1 saturated heterocycles. The standard InChI is InChI=1S/C23H28N4O3S/c1-16-9-8-10-17(2)23(16)25-22(28)15-26-13-18(3)27(19(4)14-26)31(29,30)21-12-7-6-11-20(21)24-5/h6-12,18-19H,13-15H2,1-4H3,(H,25,28). The number of piperazine rings is 1. The van der Waals surface area contributed by atoms with Crippen molar-refractivity contribution in [3.05, 3.63) is 65.0 Å². The molecule has 0 aromatic heterocycles. The molecule has 3 rings (SSSR count). The Morgan fingerprint density at radius 1 is 1.06 bits per heavy atom. The molecule has 0 aliphatic carbocycles. The minimum absolute atomic E-state index is 0.0323. The highest BCUT2D eigenvalue weighted by atomic mass is 32.2. The minimum atomic E-state index is -3.82. The topological polar surface area (TPSA) is 74.1 Å². The summed E-state index contributed by atoms with van der Waals surface area (Å²) in [6.45, 7) is 15.9. The molecule has 0 saturated carbocycles. The number of rotatable bonds is 5. The van der Waals surface area contributed by atoms with Gasteiger partial charge in [-0.1, -0.05) is 42.5 Å². The number of nitrogens with zero attached hydrogens (tertiary/aromatic N) is 3. The maximum Gasteiger partial charge on any atom is 0.238 e. The van der Waals surface area contributed by atoms with E-state index in [1.54, 1.807) is 12.1 Å².